The number of hydrogen-bond acceptors (Lipinski definition) is 6. The Morgan fingerprint density at radius 2 is 1.73 bits per heavy atom. The molecule has 0 radical (unpaired) electrons. The summed E-state index contributed by atoms with van der Waals surface area (Å²) in [5.41, 5.74) is -2.20. The highest BCUT2D eigenvalue weighted by Gasteiger charge is 2.71. The van der Waals surface area contributed by atoms with Gasteiger partial charge in [0.05, 0.1) is 24.2 Å². The molecule has 3 saturated carbocycles. The van der Waals surface area contributed by atoms with Crippen molar-refractivity contribution in [2.75, 3.05) is 7.11 Å². The van der Waals surface area contributed by atoms with E-state index in [2.05, 4.69) is 40.7 Å². The van der Waals surface area contributed by atoms with Gasteiger partial charge in [0.1, 0.15) is 11.4 Å². The van der Waals surface area contributed by atoms with Crippen molar-refractivity contribution in [3.63, 3.8) is 0 Å². The van der Waals surface area contributed by atoms with Crippen molar-refractivity contribution in [2.45, 2.75) is 98.5 Å². The third-order valence-corrected chi connectivity index (χ3v) is 12.4. The number of rotatable bonds is 1. The largest absolute Gasteiger partial charge is 0.508 e. The number of nitrogens with zero attached hydrogens (tertiary/aromatic N) is 1. The fourth-order valence-electron chi connectivity index (χ4n) is 10.1. The van der Waals surface area contributed by atoms with Gasteiger partial charge < -0.3 is 14.9 Å². The number of ether oxygens (including phenoxy) is 1. The Hall–Kier alpha value is -2.13. The van der Waals surface area contributed by atoms with Gasteiger partial charge in [-0.2, -0.15) is 5.26 Å². The summed E-state index contributed by atoms with van der Waals surface area (Å²) in [4.78, 5) is 27.7. The molecular weight excluding hydrogens is 466 g/mol. The van der Waals surface area contributed by atoms with Crippen LogP contribution in [-0.4, -0.2) is 34.7 Å². The molecule has 0 heterocycles. The van der Waals surface area contributed by atoms with Crippen molar-refractivity contribution >= 4 is 11.8 Å². The van der Waals surface area contributed by atoms with Crippen molar-refractivity contribution in [1.82, 2.24) is 0 Å². The molecular formula is C31H43NO5. The summed E-state index contributed by atoms with van der Waals surface area (Å²) in [6.45, 7) is 12.7. The normalized spacial score (nSPS) is 48.5. The minimum Gasteiger partial charge on any atom is -0.508 e. The number of ketones is 1. The first-order valence-electron chi connectivity index (χ1n) is 13.9. The number of carbonyl (C=O) groups excluding carboxylic acids is 2. The number of nitriles is 1. The van der Waals surface area contributed by atoms with E-state index < -0.39 is 16.4 Å². The lowest BCUT2D eigenvalue weighted by molar-refractivity contribution is -0.193. The maximum atomic E-state index is 14.3. The highest BCUT2D eigenvalue weighted by atomic mass is 16.5. The third-order valence-electron chi connectivity index (χ3n) is 12.4. The lowest BCUT2D eigenvalue weighted by Gasteiger charge is -2.69. The van der Waals surface area contributed by atoms with Crippen LogP contribution in [0.25, 0.3) is 0 Å². The molecule has 6 nitrogen and oxygen atoms in total. The van der Waals surface area contributed by atoms with Crippen LogP contribution in [0.1, 0.15) is 92.9 Å². The van der Waals surface area contributed by atoms with Crippen LogP contribution < -0.4 is 0 Å². The Labute approximate surface area is 221 Å². The first-order valence-corrected chi connectivity index (χ1v) is 13.9. The van der Waals surface area contributed by atoms with Crippen molar-refractivity contribution in [3.05, 3.63) is 23.0 Å². The average molecular weight is 510 g/mol. The summed E-state index contributed by atoms with van der Waals surface area (Å²) in [6.07, 6.45) is 7.60. The highest BCUT2D eigenvalue weighted by molar-refractivity contribution is 5.96. The lowest BCUT2D eigenvalue weighted by atomic mass is 9.34. The van der Waals surface area contributed by atoms with Gasteiger partial charge >= 0.3 is 5.97 Å². The van der Waals surface area contributed by atoms with Crippen molar-refractivity contribution < 1.29 is 24.5 Å². The lowest BCUT2D eigenvalue weighted by Crippen LogP contribution is -2.66. The second-order valence-electron chi connectivity index (χ2n) is 14.6. The van der Waals surface area contributed by atoms with E-state index >= 15 is 0 Å². The second-order valence-corrected chi connectivity index (χ2v) is 14.6. The van der Waals surface area contributed by atoms with Gasteiger partial charge in [0, 0.05) is 17.3 Å². The molecule has 0 amide bonds. The number of esters is 1. The second kappa shape index (κ2) is 7.72. The standard InChI is InChI=1S/C31H43NO5/c1-26(2)10-12-31(25(35)37-7)13-11-29(5)23(19(31)16-26)20(33)14-22-27(3)15-18(17-32)24(34)30(6,36)21(27)8-9-28(22,29)4/h14,19,21,23,34,36H,8-13,15-16H2,1-7H3/t19-,21+,23-,27-,28+,29+,30-,31-/m0/s1. The number of carbonyl (C=O) groups is 2. The van der Waals surface area contributed by atoms with Gasteiger partial charge in [0.25, 0.3) is 0 Å². The fourth-order valence-corrected chi connectivity index (χ4v) is 10.1. The van der Waals surface area contributed by atoms with Crippen LogP contribution in [0.15, 0.2) is 23.0 Å². The first-order chi connectivity index (χ1) is 17.0. The first kappa shape index (κ1) is 26.5. The van der Waals surface area contributed by atoms with Crippen LogP contribution in [0, 0.1) is 56.2 Å². The quantitative estimate of drug-likeness (QED) is 0.432. The number of methoxy groups -OCH3 is 1. The average Bonchev–Trinajstić information content (AvgIpc) is 2.82. The summed E-state index contributed by atoms with van der Waals surface area (Å²) in [6, 6.07) is 2.13. The molecule has 0 aromatic rings. The van der Waals surface area contributed by atoms with Crippen LogP contribution in [0.4, 0.5) is 0 Å². The van der Waals surface area contributed by atoms with Crippen LogP contribution in [0.3, 0.4) is 0 Å². The van der Waals surface area contributed by atoms with Crippen molar-refractivity contribution in [1.29, 1.82) is 5.26 Å². The fraction of sp³-hybridized carbons (Fsp3) is 0.774. The Balaban J connectivity index is 1.68. The molecule has 0 unspecified atom stereocenters. The van der Waals surface area contributed by atoms with E-state index in [0.29, 0.717) is 19.3 Å². The van der Waals surface area contributed by atoms with Gasteiger partial charge in [0.15, 0.2) is 5.78 Å². The SMILES string of the molecule is COC(=O)[C@]12CCC(C)(C)C[C@H]1[C@H]1C(=O)C=C3[C@@]4(C)CC(C#N)=C(O)[C@@](C)(O)[C@@H]4CC[C@@]3(C)[C@]1(C)CC2. The van der Waals surface area contributed by atoms with Crippen LogP contribution in [0.5, 0.6) is 0 Å². The van der Waals surface area contributed by atoms with Gasteiger partial charge in [-0.3, -0.25) is 9.59 Å². The molecule has 0 spiro atoms. The zero-order valence-electron chi connectivity index (χ0n) is 23.5. The predicted octanol–water partition coefficient (Wildman–Crippen LogP) is 5.81. The molecule has 0 bridgehead atoms. The van der Waals surface area contributed by atoms with E-state index in [1.807, 2.05) is 6.08 Å². The monoisotopic (exact) mass is 509 g/mol. The van der Waals surface area contributed by atoms with E-state index in [9.17, 15) is 25.1 Å². The molecule has 0 aromatic heterocycles. The molecule has 0 saturated heterocycles. The van der Waals surface area contributed by atoms with E-state index in [1.165, 1.54) is 7.11 Å². The molecule has 0 aromatic carbocycles. The summed E-state index contributed by atoms with van der Waals surface area (Å²) in [5, 5.41) is 32.0. The molecule has 2 N–H and O–H groups in total. The number of fused-ring (bicyclic) bond motifs is 7. The zero-order chi connectivity index (χ0) is 27.4. The summed E-state index contributed by atoms with van der Waals surface area (Å²) < 4.78 is 5.39. The smallest absolute Gasteiger partial charge is 0.312 e. The Morgan fingerprint density at radius 1 is 1.08 bits per heavy atom. The van der Waals surface area contributed by atoms with Gasteiger partial charge in [0.2, 0.25) is 0 Å². The van der Waals surface area contributed by atoms with Gasteiger partial charge in [-0.15, -0.1) is 0 Å². The number of hydrogen-bond donors (Lipinski definition) is 2. The van der Waals surface area contributed by atoms with Crippen LogP contribution in [-0.2, 0) is 14.3 Å². The summed E-state index contributed by atoms with van der Waals surface area (Å²) in [5.74, 6) is -0.973. The molecule has 37 heavy (non-hydrogen) atoms. The number of aliphatic hydroxyl groups is 2. The minimum absolute atomic E-state index is 0.0430. The van der Waals surface area contributed by atoms with Crippen molar-refractivity contribution in [3.8, 4) is 6.07 Å². The highest BCUT2D eigenvalue weighted by Crippen LogP contribution is 2.74. The molecule has 5 aliphatic carbocycles. The van der Waals surface area contributed by atoms with Crippen LogP contribution in [0.2, 0.25) is 0 Å². The summed E-state index contributed by atoms with van der Waals surface area (Å²) >= 11 is 0. The van der Waals surface area contributed by atoms with E-state index in [0.717, 1.165) is 37.7 Å². The zero-order valence-corrected chi connectivity index (χ0v) is 23.5. The topological polar surface area (TPSA) is 108 Å². The Morgan fingerprint density at radius 3 is 2.35 bits per heavy atom. The van der Waals surface area contributed by atoms with E-state index in [-0.39, 0.29) is 57.1 Å². The maximum absolute atomic E-state index is 14.3. The Bertz CT molecular complexity index is 1170. The molecule has 202 valence electrons. The number of aliphatic hydroxyl groups excluding tert-OH is 1. The van der Waals surface area contributed by atoms with E-state index in [1.54, 1.807) is 6.92 Å². The molecule has 0 aliphatic heterocycles. The van der Waals surface area contributed by atoms with Gasteiger partial charge in [-0.05, 0) is 86.5 Å². The Kier molecular flexibility index (Phi) is 5.52. The van der Waals surface area contributed by atoms with Crippen LogP contribution >= 0.6 is 0 Å². The minimum atomic E-state index is -1.53. The molecule has 3 fully saturated rings. The van der Waals surface area contributed by atoms with Gasteiger partial charge in [-0.1, -0.05) is 40.2 Å². The molecule has 5 rings (SSSR count). The van der Waals surface area contributed by atoms with Gasteiger partial charge in [-0.25, -0.2) is 0 Å². The molecule has 5 aliphatic rings. The summed E-state index contributed by atoms with van der Waals surface area (Å²) in [7, 11) is 1.47. The third kappa shape index (κ3) is 3.13. The van der Waals surface area contributed by atoms with Crippen molar-refractivity contribution in [2.24, 2.45) is 44.8 Å². The number of allylic oxidation sites excluding steroid dienone is 3. The molecule has 6 heteroatoms. The predicted molar refractivity (Wildman–Crippen MR) is 139 cm³/mol. The maximum Gasteiger partial charge on any atom is 0.312 e. The molecule has 8 atom stereocenters. The van der Waals surface area contributed by atoms with E-state index in [4.69, 9.17) is 4.74 Å².